The zero-order chi connectivity index (χ0) is 20.1. The van der Waals surface area contributed by atoms with E-state index >= 15 is 0 Å². The van der Waals surface area contributed by atoms with E-state index in [4.69, 9.17) is 27.9 Å². The topological polar surface area (TPSA) is 75.7 Å². The summed E-state index contributed by atoms with van der Waals surface area (Å²) in [6.45, 7) is 1.46. The molecule has 6 nitrogen and oxygen atoms in total. The highest BCUT2D eigenvalue weighted by molar-refractivity contribution is 7.89. The Labute approximate surface area is 174 Å². The van der Waals surface area contributed by atoms with E-state index in [-0.39, 0.29) is 17.2 Å². The summed E-state index contributed by atoms with van der Waals surface area (Å²) in [5, 5.41) is 3.81. The number of nitrogens with one attached hydrogen (secondary N) is 1. The number of carbonyl (C=O) groups excluding carboxylic acids is 1. The largest absolute Gasteiger partial charge is 0.379 e. The Balaban J connectivity index is 1.60. The Morgan fingerprint density at radius 1 is 1.04 bits per heavy atom. The van der Waals surface area contributed by atoms with E-state index in [2.05, 4.69) is 5.32 Å². The third kappa shape index (κ3) is 5.04. The lowest BCUT2D eigenvalue weighted by molar-refractivity contribution is -0.116. The summed E-state index contributed by atoms with van der Waals surface area (Å²) < 4.78 is 31.8. The molecule has 0 spiro atoms. The molecule has 1 N–H and O–H groups in total. The molecule has 1 saturated heterocycles. The van der Waals surface area contributed by atoms with Gasteiger partial charge in [-0.25, -0.2) is 8.42 Å². The van der Waals surface area contributed by atoms with Gasteiger partial charge in [0.2, 0.25) is 15.9 Å². The second kappa shape index (κ2) is 9.24. The van der Waals surface area contributed by atoms with Gasteiger partial charge in [-0.3, -0.25) is 4.79 Å². The van der Waals surface area contributed by atoms with Gasteiger partial charge in [-0.2, -0.15) is 4.31 Å². The van der Waals surface area contributed by atoms with Gasteiger partial charge in [0.1, 0.15) is 0 Å². The molecule has 0 aromatic heterocycles. The molecule has 0 radical (unpaired) electrons. The Morgan fingerprint density at radius 2 is 1.64 bits per heavy atom. The summed E-state index contributed by atoms with van der Waals surface area (Å²) in [6, 6.07) is 11.3. The maximum atomic E-state index is 12.6. The van der Waals surface area contributed by atoms with Crippen LogP contribution >= 0.6 is 23.2 Å². The number of carbonyl (C=O) groups is 1. The summed E-state index contributed by atoms with van der Waals surface area (Å²) >= 11 is 12.2. The summed E-state index contributed by atoms with van der Waals surface area (Å²) in [5.41, 5.74) is 1.25. The molecule has 0 unspecified atom stereocenters. The molecule has 3 rings (SSSR count). The van der Waals surface area contributed by atoms with Crippen LogP contribution in [0.25, 0.3) is 0 Å². The smallest absolute Gasteiger partial charge is 0.243 e. The Morgan fingerprint density at radius 3 is 2.25 bits per heavy atom. The lowest BCUT2D eigenvalue weighted by Crippen LogP contribution is -2.40. The highest BCUT2D eigenvalue weighted by atomic mass is 35.5. The number of rotatable bonds is 6. The van der Waals surface area contributed by atoms with Crippen molar-refractivity contribution in [2.45, 2.75) is 17.7 Å². The lowest BCUT2D eigenvalue weighted by atomic mass is 10.1. The van der Waals surface area contributed by atoms with Gasteiger partial charge in [0.05, 0.1) is 18.1 Å². The van der Waals surface area contributed by atoms with E-state index in [0.29, 0.717) is 48.5 Å². The van der Waals surface area contributed by atoms with Crippen molar-refractivity contribution >= 4 is 44.8 Å². The number of hydrogen-bond acceptors (Lipinski definition) is 4. The molecule has 1 fully saturated rings. The van der Waals surface area contributed by atoms with Gasteiger partial charge >= 0.3 is 0 Å². The molecule has 1 heterocycles. The molecule has 2 aromatic carbocycles. The molecular formula is C19H20Cl2N2O4S. The van der Waals surface area contributed by atoms with Crippen molar-refractivity contribution < 1.29 is 17.9 Å². The van der Waals surface area contributed by atoms with Gasteiger partial charge in [-0.15, -0.1) is 0 Å². The number of amides is 1. The van der Waals surface area contributed by atoms with E-state index in [1.54, 1.807) is 30.3 Å². The predicted octanol–water partition coefficient (Wildman–Crippen LogP) is 3.59. The fourth-order valence-corrected chi connectivity index (χ4v) is 4.87. The molecule has 0 bridgehead atoms. The summed E-state index contributed by atoms with van der Waals surface area (Å²) in [7, 11) is -3.55. The van der Waals surface area contributed by atoms with Crippen LogP contribution in [-0.2, 0) is 26.0 Å². The van der Waals surface area contributed by atoms with Crippen LogP contribution in [0.4, 0.5) is 5.69 Å². The zero-order valence-electron chi connectivity index (χ0n) is 15.0. The second-order valence-corrected chi connectivity index (χ2v) is 9.04. The number of sulfonamides is 1. The SMILES string of the molecule is O=C(CCc1c(Cl)cccc1Cl)Nc1ccc(S(=O)(=O)N2CCOCC2)cc1. The number of benzene rings is 2. The van der Waals surface area contributed by atoms with Gasteiger partial charge in [0.25, 0.3) is 0 Å². The number of ether oxygens (including phenoxy) is 1. The van der Waals surface area contributed by atoms with Crippen LogP contribution in [0.3, 0.4) is 0 Å². The molecule has 150 valence electrons. The predicted molar refractivity (Wildman–Crippen MR) is 109 cm³/mol. The first-order chi connectivity index (χ1) is 13.4. The van der Waals surface area contributed by atoms with Crippen LogP contribution < -0.4 is 5.32 Å². The van der Waals surface area contributed by atoms with Crippen molar-refractivity contribution in [3.63, 3.8) is 0 Å². The monoisotopic (exact) mass is 442 g/mol. The van der Waals surface area contributed by atoms with Crippen molar-refractivity contribution in [3.8, 4) is 0 Å². The van der Waals surface area contributed by atoms with Crippen molar-refractivity contribution in [1.82, 2.24) is 4.31 Å². The Hall–Kier alpha value is -1.64. The van der Waals surface area contributed by atoms with E-state index < -0.39 is 10.0 Å². The third-order valence-corrected chi connectivity index (χ3v) is 7.03. The molecule has 1 aliphatic rings. The first-order valence-corrected chi connectivity index (χ1v) is 11.0. The minimum atomic E-state index is -3.55. The average Bonchev–Trinajstić information content (AvgIpc) is 2.69. The number of hydrogen-bond donors (Lipinski definition) is 1. The Bertz CT molecular complexity index is 923. The fraction of sp³-hybridized carbons (Fsp3) is 0.316. The molecule has 28 heavy (non-hydrogen) atoms. The van der Waals surface area contributed by atoms with E-state index in [1.165, 1.54) is 16.4 Å². The first-order valence-electron chi connectivity index (χ1n) is 8.78. The van der Waals surface area contributed by atoms with Gasteiger partial charge in [0, 0.05) is 35.2 Å². The van der Waals surface area contributed by atoms with Crippen LogP contribution in [0.5, 0.6) is 0 Å². The number of nitrogens with zero attached hydrogens (tertiary/aromatic N) is 1. The number of anilines is 1. The van der Waals surface area contributed by atoms with Gasteiger partial charge in [0.15, 0.2) is 0 Å². The van der Waals surface area contributed by atoms with Crippen molar-refractivity contribution in [3.05, 3.63) is 58.1 Å². The van der Waals surface area contributed by atoms with Gasteiger partial charge in [-0.1, -0.05) is 29.3 Å². The average molecular weight is 443 g/mol. The fourth-order valence-electron chi connectivity index (χ4n) is 2.88. The van der Waals surface area contributed by atoms with Crippen molar-refractivity contribution in [1.29, 1.82) is 0 Å². The molecule has 0 aliphatic carbocycles. The van der Waals surface area contributed by atoms with E-state index in [1.807, 2.05) is 0 Å². The maximum absolute atomic E-state index is 12.6. The Kier molecular flexibility index (Phi) is 6.95. The molecule has 1 amide bonds. The molecule has 1 aliphatic heterocycles. The third-order valence-electron chi connectivity index (χ3n) is 4.41. The van der Waals surface area contributed by atoms with Crippen LogP contribution in [0.2, 0.25) is 10.0 Å². The summed E-state index contributed by atoms with van der Waals surface area (Å²) in [6.07, 6.45) is 0.616. The zero-order valence-corrected chi connectivity index (χ0v) is 17.4. The molecule has 9 heteroatoms. The standard InChI is InChI=1S/C19H20Cl2N2O4S/c20-17-2-1-3-18(21)16(17)8-9-19(24)22-14-4-6-15(7-5-14)28(25,26)23-10-12-27-13-11-23/h1-7H,8-13H2,(H,22,24). The van der Waals surface area contributed by atoms with Crippen molar-refractivity contribution in [2.24, 2.45) is 0 Å². The number of morpholine rings is 1. The molecule has 0 saturated carbocycles. The molecule has 0 atom stereocenters. The quantitative estimate of drug-likeness (QED) is 0.741. The first kappa shape index (κ1) is 21.1. The van der Waals surface area contributed by atoms with Crippen LogP contribution in [0.1, 0.15) is 12.0 Å². The summed E-state index contributed by atoms with van der Waals surface area (Å²) in [4.78, 5) is 12.4. The summed E-state index contributed by atoms with van der Waals surface area (Å²) in [5.74, 6) is -0.209. The molecule has 2 aromatic rings. The van der Waals surface area contributed by atoms with Crippen LogP contribution in [0.15, 0.2) is 47.4 Å². The molecular weight excluding hydrogens is 423 g/mol. The van der Waals surface area contributed by atoms with Crippen molar-refractivity contribution in [2.75, 3.05) is 31.6 Å². The van der Waals surface area contributed by atoms with Gasteiger partial charge in [-0.05, 0) is 48.4 Å². The normalized spacial score (nSPS) is 15.4. The lowest BCUT2D eigenvalue weighted by Gasteiger charge is -2.26. The minimum Gasteiger partial charge on any atom is -0.379 e. The van der Waals surface area contributed by atoms with Gasteiger partial charge < -0.3 is 10.1 Å². The van der Waals surface area contributed by atoms with Crippen LogP contribution in [0, 0.1) is 0 Å². The number of halogens is 2. The van der Waals surface area contributed by atoms with E-state index in [0.717, 1.165) is 5.56 Å². The highest BCUT2D eigenvalue weighted by Gasteiger charge is 2.26. The second-order valence-electron chi connectivity index (χ2n) is 6.29. The maximum Gasteiger partial charge on any atom is 0.243 e. The minimum absolute atomic E-state index is 0.190. The van der Waals surface area contributed by atoms with E-state index in [9.17, 15) is 13.2 Å². The highest BCUT2D eigenvalue weighted by Crippen LogP contribution is 2.26. The van der Waals surface area contributed by atoms with Crippen LogP contribution in [-0.4, -0.2) is 44.9 Å².